The molecule has 0 saturated heterocycles. The number of methoxy groups -OCH3 is 3. The van der Waals surface area contributed by atoms with Crippen molar-refractivity contribution in [2.75, 3.05) is 21.3 Å². The molecule has 0 bridgehead atoms. The van der Waals surface area contributed by atoms with Crippen molar-refractivity contribution >= 4 is 5.97 Å². The Kier molecular flexibility index (Phi) is 5.92. The summed E-state index contributed by atoms with van der Waals surface area (Å²) < 4.78 is 20.9. The molecule has 0 radical (unpaired) electrons. The minimum atomic E-state index is -0.739. The van der Waals surface area contributed by atoms with Crippen molar-refractivity contribution in [3.8, 4) is 11.3 Å². The van der Waals surface area contributed by atoms with Crippen LogP contribution in [0.5, 0.6) is 0 Å². The van der Waals surface area contributed by atoms with Gasteiger partial charge in [0.15, 0.2) is 6.29 Å². The second-order valence-corrected chi connectivity index (χ2v) is 5.03. The third-order valence-electron chi connectivity index (χ3n) is 3.46. The van der Waals surface area contributed by atoms with E-state index in [-0.39, 0.29) is 6.42 Å². The predicted molar refractivity (Wildman–Crippen MR) is 84.6 cm³/mol. The Bertz CT molecular complexity index is 648. The van der Waals surface area contributed by atoms with Crippen molar-refractivity contribution < 1.29 is 23.4 Å². The summed E-state index contributed by atoms with van der Waals surface area (Å²) in [6.07, 6.45) is -0.150. The lowest BCUT2D eigenvalue weighted by molar-refractivity contribution is -0.142. The first-order chi connectivity index (χ1) is 11.1. The fourth-order valence-electron chi connectivity index (χ4n) is 2.30. The van der Waals surface area contributed by atoms with Gasteiger partial charge in [-0.25, -0.2) is 0 Å². The van der Waals surface area contributed by atoms with Crippen LogP contribution >= 0.6 is 0 Å². The zero-order valence-corrected chi connectivity index (χ0v) is 13.4. The van der Waals surface area contributed by atoms with Crippen LogP contribution in [0.1, 0.15) is 17.6 Å². The highest BCUT2D eigenvalue weighted by molar-refractivity contribution is 5.75. The molecule has 1 heterocycles. The van der Waals surface area contributed by atoms with E-state index in [0.29, 0.717) is 11.5 Å². The molecule has 0 fully saturated rings. The number of hydrogen-bond acceptors (Lipinski definition) is 6. The molecule has 1 unspecified atom stereocenters. The van der Waals surface area contributed by atoms with Gasteiger partial charge < -0.3 is 24.4 Å². The van der Waals surface area contributed by atoms with E-state index in [2.05, 4.69) is 4.74 Å². The van der Waals surface area contributed by atoms with Crippen LogP contribution in [0.4, 0.5) is 0 Å². The standard InChI is InChI=1S/C17H21NO5/c1-20-16(19)14(18)10-13-7-8-15(23-13)11-5-4-6-12(9-11)17(21-2)22-3/h4-9,14,17H,10,18H2,1-3H3. The third kappa shape index (κ3) is 4.19. The average Bonchev–Trinajstić information content (AvgIpc) is 3.04. The number of rotatable bonds is 7. The van der Waals surface area contributed by atoms with E-state index in [4.69, 9.17) is 19.6 Å². The molecular formula is C17H21NO5. The van der Waals surface area contributed by atoms with Crippen LogP contribution in [0.15, 0.2) is 40.8 Å². The number of nitrogens with two attached hydrogens (primary N) is 1. The summed E-state index contributed by atoms with van der Waals surface area (Å²) >= 11 is 0. The summed E-state index contributed by atoms with van der Waals surface area (Å²) in [5.41, 5.74) is 7.51. The SMILES string of the molecule is COC(=O)C(N)Cc1ccc(-c2cccc(C(OC)OC)c2)o1. The van der Waals surface area contributed by atoms with E-state index in [1.165, 1.54) is 7.11 Å². The Labute approximate surface area is 135 Å². The molecule has 124 valence electrons. The molecule has 2 rings (SSSR count). The highest BCUT2D eigenvalue weighted by Crippen LogP contribution is 2.27. The van der Waals surface area contributed by atoms with Crippen LogP contribution in [-0.2, 0) is 25.4 Å². The second-order valence-electron chi connectivity index (χ2n) is 5.03. The van der Waals surface area contributed by atoms with Gasteiger partial charge in [-0.3, -0.25) is 4.79 Å². The van der Waals surface area contributed by atoms with Crippen molar-refractivity contribution in [3.63, 3.8) is 0 Å². The Morgan fingerprint density at radius 1 is 1.17 bits per heavy atom. The van der Waals surface area contributed by atoms with Gasteiger partial charge in [0, 0.05) is 31.8 Å². The molecule has 0 saturated carbocycles. The summed E-state index contributed by atoms with van der Waals surface area (Å²) in [5, 5.41) is 0. The van der Waals surface area contributed by atoms with Crippen molar-refractivity contribution in [2.24, 2.45) is 5.73 Å². The summed E-state index contributed by atoms with van der Waals surface area (Å²) in [7, 11) is 4.48. The Morgan fingerprint density at radius 2 is 1.91 bits per heavy atom. The minimum absolute atomic E-state index is 0.283. The summed E-state index contributed by atoms with van der Waals surface area (Å²) in [4.78, 5) is 11.4. The van der Waals surface area contributed by atoms with Gasteiger partial charge >= 0.3 is 5.97 Å². The number of esters is 1. The van der Waals surface area contributed by atoms with Gasteiger partial charge in [0.05, 0.1) is 7.11 Å². The van der Waals surface area contributed by atoms with E-state index in [1.54, 1.807) is 20.3 Å². The van der Waals surface area contributed by atoms with E-state index < -0.39 is 18.3 Å². The molecule has 2 aromatic rings. The van der Waals surface area contributed by atoms with Gasteiger partial charge in [0.2, 0.25) is 0 Å². The van der Waals surface area contributed by atoms with Crippen LogP contribution in [0.2, 0.25) is 0 Å². The lowest BCUT2D eigenvalue weighted by Gasteiger charge is -2.14. The maximum absolute atomic E-state index is 11.4. The van der Waals surface area contributed by atoms with Gasteiger partial charge in [-0.05, 0) is 18.2 Å². The average molecular weight is 319 g/mol. The normalized spacial score (nSPS) is 12.4. The van der Waals surface area contributed by atoms with Crippen LogP contribution < -0.4 is 5.73 Å². The Hall–Kier alpha value is -2.15. The lowest BCUT2D eigenvalue weighted by atomic mass is 10.1. The van der Waals surface area contributed by atoms with Gasteiger partial charge in [-0.15, -0.1) is 0 Å². The number of carbonyl (C=O) groups is 1. The predicted octanol–water partition coefficient (Wildman–Crippen LogP) is 2.28. The van der Waals surface area contributed by atoms with Crippen LogP contribution in [-0.4, -0.2) is 33.3 Å². The molecule has 6 heteroatoms. The maximum Gasteiger partial charge on any atom is 0.323 e. The van der Waals surface area contributed by atoms with Gasteiger partial charge in [0.1, 0.15) is 17.6 Å². The molecule has 0 aliphatic rings. The van der Waals surface area contributed by atoms with E-state index in [9.17, 15) is 4.79 Å². The van der Waals surface area contributed by atoms with Gasteiger partial charge in [-0.2, -0.15) is 0 Å². The van der Waals surface area contributed by atoms with Crippen molar-refractivity contribution in [2.45, 2.75) is 18.8 Å². The maximum atomic E-state index is 11.4. The largest absolute Gasteiger partial charge is 0.468 e. The molecule has 23 heavy (non-hydrogen) atoms. The van der Waals surface area contributed by atoms with Crippen LogP contribution in [0, 0.1) is 0 Å². The summed E-state index contributed by atoms with van der Waals surface area (Å²) in [5.74, 6) is 0.844. The molecule has 0 spiro atoms. The first kappa shape index (κ1) is 17.2. The Morgan fingerprint density at radius 3 is 2.57 bits per heavy atom. The minimum Gasteiger partial charge on any atom is -0.468 e. The topological polar surface area (TPSA) is 83.9 Å². The zero-order valence-electron chi connectivity index (χ0n) is 13.4. The lowest BCUT2D eigenvalue weighted by Crippen LogP contribution is -2.33. The van der Waals surface area contributed by atoms with Crippen molar-refractivity contribution in [1.82, 2.24) is 0 Å². The number of ether oxygens (including phenoxy) is 3. The first-order valence-corrected chi connectivity index (χ1v) is 7.17. The highest BCUT2D eigenvalue weighted by atomic mass is 16.7. The molecule has 0 amide bonds. The Balaban J connectivity index is 2.17. The first-order valence-electron chi connectivity index (χ1n) is 7.17. The van der Waals surface area contributed by atoms with Gasteiger partial charge in [-0.1, -0.05) is 18.2 Å². The smallest absolute Gasteiger partial charge is 0.323 e. The number of hydrogen-bond donors (Lipinski definition) is 1. The summed E-state index contributed by atoms with van der Waals surface area (Å²) in [6.45, 7) is 0. The number of benzene rings is 1. The van der Waals surface area contributed by atoms with E-state index >= 15 is 0 Å². The zero-order chi connectivity index (χ0) is 16.8. The number of furan rings is 1. The van der Waals surface area contributed by atoms with E-state index in [1.807, 2.05) is 30.3 Å². The molecule has 0 aliphatic heterocycles. The monoisotopic (exact) mass is 319 g/mol. The quantitative estimate of drug-likeness (QED) is 0.622. The fourth-order valence-corrected chi connectivity index (χ4v) is 2.30. The van der Waals surface area contributed by atoms with Crippen molar-refractivity contribution in [3.05, 3.63) is 47.7 Å². The molecule has 1 aromatic carbocycles. The highest BCUT2D eigenvalue weighted by Gasteiger charge is 2.17. The summed E-state index contributed by atoms with van der Waals surface area (Å²) in [6, 6.07) is 10.6. The van der Waals surface area contributed by atoms with Crippen molar-refractivity contribution in [1.29, 1.82) is 0 Å². The fraction of sp³-hybridized carbons (Fsp3) is 0.353. The molecule has 6 nitrogen and oxygen atoms in total. The molecule has 1 atom stereocenters. The molecule has 0 aliphatic carbocycles. The van der Waals surface area contributed by atoms with E-state index in [0.717, 1.165) is 11.1 Å². The molecule has 2 N–H and O–H groups in total. The van der Waals surface area contributed by atoms with Crippen LogP contribution in [0.25, 0.3) is 11.3 Å². The second kappa shape index (κ2) is 7.92. The van der Waals surface area contributed by atoms with Crippen LogP contribution in [0.3, 0.4) is 0 Å². The third-order valence-corrected chi connectivity index (χ3v) is 3.46. The number of carbonyl (C=O) groups excluding carboxylic acids is 1. The molecular weight excluding hydrogens is 298 g/mol. The van der Waals surface area contributed by atoms with Gasteiger partial charge in [0.25, 0.3) is 0 Å². The molecule has 1 aromatic heterocycles.